The Labute approximate surface area is 110 Å². The van der Waals surface area contributed by atoms with E-state index in [2.05, 4.69) is 47.2 Å². The summed E-state index contributed by atoms with van der Waals surface area (Å²) < 4.78 is 0. The van der Waals surface area contributed by atoms with Gasteiger partial charge in [0.15, 0.2) is 0 Å². The SMILES string of the molecule is CCCNc1cncc(N2CCC(N(C)C)C2)c1. The first-order valence-corrected chi connectivity index (χ1v) is 6.81. The second-order valence-electron chi connectivity index (χ2n) is 5.21. The maximum Gasteiger partial charge on any atom is 0.0574 e. The summed E-state index contributed by atoms with van der Waals surface area (Å²) in [6.45, 7) is 5.41. The first kappa shape index (κ1) is 13.1. The van der Waals surface area contributed by atoms with Crippen LogP contribution in [0.5, 0.6) is 0 Å². The van der Waals surface area contributed by atoms with Gasteiger partial charge in [0.1, 0.15) is 0 Å². The molecule has 100 valence electrons. The molecule has 1 aromatic heterocycles. The summed E-state index contributed by atoms with van der Waals surface area (Å²) in [6.07, 6.45) is 6.24. The predicted octanol–water partition coefficient (Wildman–Crippen LogP) is 2.04. The van der Waals surface area contributed by atoms with Gasteiger partial charge < -0.3 is 15.1 Å². The van der Waals surface area contributed by atoms with E-state index in [1.165, 1.54) is 12.1 Å². The van der Waals surface area contributed by atoms with Crippen molar-refractivity contribution in [1.82, 2.24) is 9.88 Å². The van der Waals surface area contributed by atoms with Gasteiger partial charge in [-0.15, -0.1) is 0 Å². The molecule has 1 saturated heterocycles. The zero-order valence-corrected chi connectivity index (χ0v) is 11.7. The minimum Gasteiger partial charge on any atom is -0.384 e. The molecule has 1 aliphatic rings. The van der Waals surface area contributed by atoms with Gasteiger partial charge in [0.05, 0.1) is 23.8 Å². The third-order valence-corrected chi connectivity index (χ3v) is 3.56. The van der Waals surface area contributed by atoms with Crippen LogP contribution in [0.4, 0.5) is 11.4 Å². The molecular formula is C14H24N4. The van der Waals surface area contributed by atoms with Crippen LogP contribution in [0.15, 0.2) is 18.5 Å². The smallest absolute Gasteiger partial charge is 0.0574 e. The lowest BCUT2D eigenvalue weighted by atomic mass is 10.2. The van der Waals surface area contributed by atoms with Crippen LogP contribution in [-0.4, -0.2) is 49.7 Å². The van der Waals surface area contributed by atoms with Crippen molar-refractivity contribution in [2.24, 2.45) is 0 Å². The van der Waals surface area contributed by atoms with E-state index < -0.39 is 0 Å². The molecule has 0 radical (unpaired) electrons. The molecule has 2 rings (SSSR count). The Hall–Kier alpha value is -1.29. The number of rotatable bonds is 5. The summed E-state index contributed by atoms with van der Waals surface area (Å²) >= 11 is 0. The highest BCUT2D eigenvalue weighted by molar-refractivity contribution is 5.56. The van der Waals surface area contributed by atoms with E-state index in [-0.39, 0.29) is 0 Å². The number of aromatic nitrogens is 1. The van der Waals surface area contributed by atoms with Crippen molar-refractivity contribution in [3.8, 4) is 0 Å². The van der Waals surface area contributed by atoms with Crippen molar-refractivity contribution in [1.29, 1.82) is 0 Å². The number of nitrogens with zero attached hydrogens (tertiary/aromatic N) is 3. The molecule has 0 aliphatic carbocycles. The van der Waals surface area contributed by atoms with Crippen molar-refractivity contribution in [2.45, 2.75) is 25.8 Å². The zero-order valence-electron chi connectivity index (χ0n) is 11.7. The van der Waals surface area contributed by atoms with Crippen molar-refractivity contribution in [3.05, 3.63) is 18.5 Å². The minimum absolute atomic E-state index is 0.664. The standard InChI is InChI=1S/C14H24N4/c1-4-6-16-12-8-14(10-15-9-12)18-7-5-13(11-18)17(2)3/h8-10,13,16H,4-7,11H2,1-3H3. The molecule has 0 aromatic carbocycles. The quantitative estimate of drug-likeness (QED) is 0.864. The lowest BCUT2D eigenvalue weighted by Crippen LogP contribution is -2.31. The highest BCUT2D eigenvalue weighted by atomic mass is 15.2. The van der Waals surface area contributed by atoms with Crippen LogP contribution in [-0.2, 0) is 0 Å². The summed E-state index contributed by atoms with van der Waals surface area (Å²) in [5.41, 5.74) is 2.36. The van der Waals surface area contributed by atoms with Crippen LogP contribution in [0.25, 0.3) is 0 Å². The van der Waals surface area contributed by atoms with Crippen LogP contribution in [0, 0.1) is 0 Å². The third kappa shape index (κ3) is 3.13. The second-order valence-corrected chi connectivity index (χ2v) is 5.21. The Balaban J connectivity index is 2.01. The number of hydrogen-bond donors (Lipinski definition) is 1. The molecule has 0 spiro atoms. The molecule has 18 heavy (non-hydrogen) atoms. The Morgan fingerprint density at radius 3 is 2.94 bits per heavy atom. The lowest BCUT2D eigenvalue weighted by molar-refractivity contribution is 0.315. The average molecular weight is 248 g/mol. The number of anilines is 2. The molecule has 0 bridgehead atoms. The number of nitrogens with one attached hydrogen (secondary N) is 1. The van der Waals surface area contributed by atoms with E-state index in [9.17, 15) is 0 Å². The molecule has 0 saturated carbocycles. The molecule has 4 heteroatoms. The van der Waals surface area contributed by atoms with Gasteiger partial charge in [-0.05, 0) is 33.0 Å². The Bertz CT molecular complexity index is 378. The summed E-state index contributed by atoms with van der Waals surface area (Å²) in [4.78, 5) is 9.07. The maximum absolute atomic E-state index is 4.33. The highest BCUT2D eigenvalue weighted by Crippen LogP contribution is 2.23. The summed E-state index contributed by atoms with van der Waals surface area (Å²) in [5.74, 6) is 0. The molecule has 2 heterocycles. The zero-order chi connectivity index (χ0) is 13.0. The van der Waals surface area contributed by atoms with E-state index in [1.54, 1.807) is 0 Å². The van der Waals surface area contributed by atoms with Gasteiger partial charge in [-0.1, -0.05) is 6.92 Å². The van der Waals surface area contributed by atoms with Gasteiger partial charge in [0, 0.05) is 25.7 Å². The van der Waals surface area contributed by atoms with Gasteiger partial charge in [0.2, 0.25) is 0 Å². The normalized spacial score (nSPS) is 19.6. The second kappa shape index (κ2) is 6.05. The highest BCUT2D eigenvalue weighted by Gasteiger charge is 2.24. The van der Waals surface area contributed by atoms with Gasteiger partial charge >= 0.3 is 0 Å². The van der Waals surface area contributed by atoms with E-state index in [0.29, 0.717) is 6.04 Å². The van der Waals surface area contributed by atoms with E-state index >= 15 is 0 Å². The third-order valence-electron chi connectivity index (χ3n) is 3.56. The Morgan fingerprint density at radius 1 is 1.44 bits per heavy atom. The van der Waals surface area contributed by atoms with Crippen molar-refractivity contribution in [2.75, 3.05) is 43.9 Å². The van der Waals surface area contributed by atoms with Gasteiger partial charge in [-0.25, -0.2) is 0 Å². The van der Waals surface area contributed by atoms with Crippen LogP contribution < -0.4 is 10.2 Å². The van der Waals surface area contributed by atoms with E-state index in [1.807, 2.05) is 12.4 Å². The summed E-state index contributed by atoms with van der Waals surface area (Å²) in [6, 6.07) is 2.87. The van der Waals surface area contributed by atoms with Crippen molar-refractivity contribution >= 4 is 11.4 Å². The van der Waals surface area contributed by atoms with Gasteiger partial charge in [0.25, 0.3) is 0 Å². The Morgan fingerprint density at radius 2 is 2.28 bits per heavy atom. The molecule has 1 N–H and O–H groups in total. The van der Waals surface area contributed by atoms with E-state index in [4.69, 9.17) is 0 Å². The summed E-state index contributed by atoms with van der Waals surface area (Å²) in [7, 11) is 4.32. The molecule has 1 atom stereocenters. The fourth-order valence-corrected chi connectivity index (χ4v) is 2.36. The first-order valence-electron chi connectivity index (χ1n) is 6.81. The minimum atomic E-state index is 0.664. The van der Waals surface area contributed by atoms with Crippen molar-refractivity contribution < 1.29 is 0 Å². The fourth-order valence-electron chi connectivity index (χ4n) is 2.36. The van der Waals surface area contributed by atoms with Crippen LogP contribution >= 0.6 is 0 Å². The molecule has 4 nitrogen and oxygen atoms in total. The fraction of sp³-hybridized carbons (Fsp3) is 0.643. The molecule has 1 unspecified atom stereocenters. The number of hydrogen-bond acceptors (Lipinski definition) is 4. The molecule has 1 fully saturated rings. The van der Waals surface area contributed by atoms with Gasteiger partial charge in [-0.2, -0.15) is 0 Å². The lowest BCUT2D eigenvalue weighted by Gasteiger charge is -2.22. The van der Waals surface area contributed by atoms with Crippen LogP contribution in [0.3, 0.4) is 0 Å². The predicted molar refractivity (Wildman–Crippen MR) is 77.3 cm³/mol. The average Bonchev–Trinajstić information content (AvgIpc) is 2.86. The van der Waals surface area contributed by atoms with E-state index in [0.717, 1.165) is 31.7 Å². The molecular weight excluding hydrogens is 224 g/mol. The molecule has 0 amide bonds. The monoisotopic (exact) mass is 248 g/mol. The largest absolute Gasteiger partial charge is 0.384 e. The Kier molecular flexibility index (Phi) is 4.42. The van der Waals surface area contributed by atoms with Crippen molar-refractivity contribution in [3.63, 3.8) is 0 Å². The maximum atomic E-state index is 4.33. The molecule has 1 aromatic rings. The van der Waals surface area contributed by atoms with Crippen LogP contribution in [0.2, 0.25) is 0 Å². The topological polar surface area (TPSA) is 31.4 Å². The van der Waals surface area contributed by atoms with Crippen LogP contribution in [0.1, 0.15) is 19.8 Å². The molecule has 1 aliphatic heterocycles. The number of likely N-dealkylation sites (N-methyl/N-ethyl adjacent to an activating group) is 1. The van der Waals surface area contributed by atoms with Gasteiger partial charge in [-0.3, -0.25) is 4.98 Å². The summed E-state index contributed by atoms with van der Waals surface area (Å²) in [5, 5.41) is 3.39. The first-order chi connectivity index (χ1) is 8.70. The number of pyridine rings is 1.